The molecule has 7 nitrogen and oxygen atoms in total. The Balaban J connectivity index is 1.65. The average molecular weight is 595 g/mol. The molecule has 0 aliphatic carbocycles. The molecule has 4 rings (SSSR count). The van der Waals surface area contributed by atoms with Crippen LogP contribution in [0.15, 0.2) is 47.8 Å². The fraction of sp³-hybridized carbons (Fsp3) is 0.333. The summed E-state index contributed by atoms with van der Waals surface area (Å²) in [6.07, 6.45) is 3.22. The van der Waals surface area contributed by atoms with Crippen LogP contribution in [0.5, 0.6) is 0 Å². The highest BCUT2D eigenvalue weighted by Crippen LogP contribution is 2.41. The van der Waals surface area contributed by atoms with Crippen molar-refractivity contribution in [3.63, 3.8) is 0 Å². The number of carbonyl (C=O) groups is 2. The van der Waals surface area contributed by atoms with Crippen molar-refractivity contribution >= 4 is 63.6 Å². The second-order valence-corrected chi connectivity index (χ2v) is 11.3. The first kappa shape index (κ1) is 28.4. The van der Waals surface area contributed by atoms with Crippen LogP contribution in [-0.2, 0) is 11.2 Å². The Hall–Kier alpha value is -2.65. The summed E-state index contributed by atoms with van der Waals surface area (Å²) in [7, 11) is 0. The number of hydrogen-bond acceptors (Lipinski definition) is 5. The van der Waals surface area contributed by atoms with Crippen molar-refractivity contribution in [1.82, 2.24) is 9.80 Å². The number of unbranched alkanes of at least 4 members (excludes halogenated alkanes) is 2. The van der Waals surface area contributed by atoms with E-state index < -0.39 is 16.9 Å². The van der Waals surface area contributed by atoms with Crippen LogP contribution < -0.4 is 0 Å². The van der Waals surface area contributed by atoms with Gasteiger partial charge in [-0.15, -0.1) is 11.3 Å². The standard InChI is InChI=1S/C27H26Cl3N3O4S/c1-2-3-4-11-31(27(35)17-5-8-21(29)23(14-17)33(36)37)16-25(34)32-12-9-24-20(10-13-38-24)26(32)19-7-6-18(28)15-22(19)30/h5-8,10,13-15,26H,2-4,9,11-12,16H2,1H3. The highest BCUT2D eigenvalue weighted by atomic mass is 35.5. The summed E-state index contributed by atoms with van der Waals surface area (Å²) < 4.78 is 0. The molecule has 0 spiro atoms. The summed E-state index contributed by atoms with van der Waals surface area (Å²) in [5, 5.41) is 14.3. The monoisotopic (exact) mass is 593 g/mol. The number of benzene rings is 2. The molecule has 0 N–H and O–H groups in total. The zero-order chi connectivity index (χ0) is 27.4. The lowest BCUT2D eigenvalue weighted by Gasteiger charge is -2.38. The van der Waals surface area contributed by atoms with E-state index in [0.717, 1.165) is 30.0 Å². The van der Waals surface area contributed by atoms with E-state index >= 15 is 0 Å². The van der Waals surface area contributed by atoms with E-state index in [0.29, 0.717) is 36.0 Å². The molecule has 2 amide bonds. The van der Waals surface area contributed by atoms with Gasteiger partial charge in [-0.25, -0.2) is 0 Å². The molecule has 38 heavy (non-hydrogen) atoms. The number of amides is 2. The van der Waals surface area contributed by atoms with Crippen molar-refractivity contribution < 1.29 is 14.5 Å². The number of nitro groups is 1. The molecule has 0 saturated heterocycles. The first-order chi connectivity index (χ1) is 18.2. The molecular weight excluding hydrogens is 569 g/mol. The second-order valence-electron chi connectivity index (χ2n) is 9.06. The van der Waals surface area contributed by atoms with Gasteiger partial charge in [-0.1, -0.05) is 60.6 Å². The normalized spacial score (nSPS) is 14.7. The maximum absolute atomic E-state index is 13.8. The predicted molar refractivity (Wildman–Crippen MR) is 152 cm³/mol. The summed E-state index contributed by atoms with van der Waals surface area (Å²) in [5.74, 6) is -0.685. The molecule has 1 atom stereocenters. The van der Waals surface area contributed by atoms with Crippen LogP contribution in [0.1, 0.15) is 58.6 Å². The molecule has 2 heterocycles. The summed E-state index contributed by atoms with van der Waals surface area (Å²) in [6.45, 7) is 2.70. The van der Waals surface area contributed by atoms with Gasteiger partial charge in [0, 0.05) is 39.6 Å². The van der Waals surface area contributed by atoms with Gasteiger partial charge in [0.15, 0.2) is 0 Å². The van der Waals surface area contributed by atoms with Gasteiger partial charge in [0.1, 0.15) is 11.6 Å². The Labute approximate surface area is 240 Å². The third kappa shape index (κ3) is 6.15. The maximum Gasteiger partial charge on any atom is 0.288 e. The van der Waals surface area contributed by atoms with Crippen LogP contribution in [0.3, 0.4) is 0 Å². The minimum absolute atomic E-state index is 0.0530. The first-order valence-corrected chi connectivity index (χ1v) is 14.3. The van der Waals surface area contributed by atoms with Crippen LogP contribution in [0.4, 0.5) is 5.69 Å². The van der Waals surface area contributed by atoms with Crippen molar-refractivity contribution in [1.29, 1.82) is 0 Å². The Bertz CT molecular complexity index is 1360. The molecule has 1 aliphatic heterocycles. The molecular formula is C27H26Cl3N3O4S. The van der Waals surface area contributed by atoms with Crippen LogP contribution >= 0.6 is 46.1 Å². The number of fused-ring (bicyclic) bond motifs is 1. The smallest absolute Gasteiger partial charge is 0.288 e. The summed E-state index contributed by atoms with van der Waals surface area (Å²) in [6, 6.07) is 10.8. The summed E-state index contributed by atoms with van der Waals surface area (Å²) >= 11 is 20.3. The Morgan fingerprint density at radius 1 is 1.08 bits per heavy atom. The van der Waals surface area contributed by atoms with E-state index in [-0.39, 0.29) is 28.7 Å². The number of carbonyl (C=O) groups excluding carboxylic acids is 2. The molecule has 0 fully saturated rings. The number of thiophene rings is 1. The molecule has 1 aromatic heterocycles. The number of hydrogen-bond donors (Lipinski definition) is 0. The minimum atomic E-state index is -0.627. The number of nitrogens with zero attached hydrogens (tertiary/aromatic N) is 3. The van der Waals surface area contributed by atoms with Crippen molar-refractivity contribution in [2.24, 2.45) is 0 Å². The minimum Gasteiger partial charge on any atom is -0.330 e. The molecule has 2 aromatic carbocycles. The number of nitro benzene ring substituents is 1. The number of halogens is 3. The first-order valence-electron chi connectivity index (χ1n) is 12.2. The maximum atomic E-state index is 13.8. The van der Waals surface area contributed by atoms with Gasteiger partial charge in [0.2, 0.25) is 5.91 Å². The third-order valence-electron chi connectivity index (χ3n) is 6.58. The Kier molecular flexibility index (Phi) is 9.31. The molecule has 0 radical (unpaired) electrons. The largest absolute Gasteiger partial charge is 0.330 e. The molecule has 11 heteroatoms. The van der Waals surface area contributed by atoms with Gasteiger partial charge >= 0.3 is 0 Å². The zero-order valence-electron chi connectivity index (χ0n) is 20.7. The van der Waals surface area contributed by atoms with E-state index in [4.69, 9.17) is 34.8 Å². The Morgan fingerprint density at radius 2 is 1.87 bits per heavy atom. The summed E-state index contributed by atoms with van der Waals surface area (Å²) in [4.78, 5) is 42.5. The van der Waals surface area contributed by atoms with E-state index in [1.165, 1.54) is 21.9 Å². The zero-order valence-corrected chi connectivity index (χ0v) is 23.7. The highest BCUT2D eigenvalue weighted by molar-refractivity contribution is 7.10. The number of rotatable bonds is 9. The van der Waals surface area contributed by atoms with Crippen LogP contribution in [0.2, 0.25) is 15.1 Å². The third-order valence-corrected chi connectivity index (χ3v) is 8.46. The lowest BCUT2D eigenvalue weighted by molar-refractivity contribution is -0.384. The molecule has 3 aromatic rings. The second kappa shape index (κ2) is 12.5. The van der Waals surface area contributed by atoms with E-state index in [9.17, 15) is 19.7 Å². The summed E-state index contributed by atoms with van der Waals surface area (Å²) in [5.41, 5.74) is 1.54. The van der Waals surface area contributed by atoms with E-state index in [2.05, 4.69) is 0 Å². The fourth-order valence-corrected chi connectivity index (χ4v) is 6.27. The Morgan fingerprint density at radius 3 is 2.58 bits per heavy atom. The van der Waals surface area contributed by atoms with Crippen molar-refractivity contribution in [3.05, 3.63) is 94.6 Å². The van der Waals surface area contributed by atoms with Gasteiger partial charge in [0.05, 0.1) is 11.0 Å². The van der Waals surface area contributed by atoms with Gasteiger partial charge in [-0.05, 0) is 59.7 Å². The topological polar surface area (TPSA) is 83.8 Å². The van der Waals surface area contributed by atoms with Gasteiger partial charge < -0.3 is 9.80 Å². The van der Waals surface area contributed by atoms with Crippen LogP contribution in [-0.4, -0.2) is 46.2 Å². The molecule has 1 aliphatic rings. The SMILES string of the molecule is CCCCCN(CC(=O)N1CCc2sccc2C1c1ccc(Cl)cc1Cl)C(=O)c1ccc(Cl)c([N+](=O)[O-])c1. The molecule has 1 unspecified atom stereocenters. The van der Waals surface area contributed by atoms with E-state index in [1.54, 1.807) is 28.4 Å². The van der Waals surface area contributed by atoms with Crippen LogP contribution in [0, 0.1) is 10.1 Å². The average Bonchev–Trinajstić information content (AvgIpc) is 3.37. The molecule has 200 valence electrons. The predicted octanol–water partition coefficient (Wildman–Crippen LogP) is 7.42. The highest BCUT2D eigenvalue weighted by Gasteiger charge is 2.35. The van der Waals surface area contributed by atoms with Gasteiger partial charge in [-0.3, -0.25) is 19.7 Å². The van der Waals surface area contributed by atoms with Crippen LogP contribution in [0.25, 0.3) is 0 Å². The van der Waals surface area contributed by atoms with Crippen molar-refractivity contribution in [3.8, 4) is 0 Å². The van der Waals surface area contributed by atoms with Gasteiger partial charge in [0.25, 0.3) is 11.6 Å². The lowest BCUT2D eigenvalue weighted by Crippen LogP contribution is -2.47. The fourth-order valence-electron chi connectivity index (χ4n) is 4.67. The molecule has 0 saturated carbocycles. The van der Waals surface area contributed by atoms with E-state index in [1.807, 2.05) is 24.4 Å². The lowest BCUT2D eigenvalue weighted by atomic mass is 9.93. The quantitative estimate of drug-likeness (QED) is 0.147. The van der Waals surface area contributed by atoms with Gasteiger partial charge in [-0.2, -0.15) is 0 Å². The van der Waals surface area contributed by atoms with Crippen molar-refractivity contribution in [2.75, 3.05) is 19.6 Å². The van der Waals surface area contributed by atoms with Crippen molar-refractivity contribution in [2.45, 2.75) is 38.6 Å². The molecule has 0 bridgehead atoms.